The van der Waals surface area contributed by atoms with E-state index in [1.165, 1.54) is 10.2 Å². The number of hydrogen-bond acceptors (Lipinski definition) is 4. The Morgan fingerprint density at radius 1 is 1.00 bits per heavy atom. The average Bonchev–Trinajstić information content (AvgIpc) is 2.98. The van der Waals surface area contributed by atoms with Gasteiger partial charge in [-0.2, -0.15) is 9.78 Å². The molecule has 0 aliphatic carbocycles. The van der Waals surface area contributed by atoms with Crippen LogP contribution in [0.4, 0.5) is 10.5 Å². The van der Waals surface area contributed by atoms with Crippen LogP contribution in [0.2, 0.25) is 0 Å². The molecule has 3 rings (SSSR count). The van der Waals surface area contributed by atoms with Gasteiger partial charge in [-0.25, -0.2) is 4.79 Å². The van der Waals surface area contributed by atoms with Crippen molar-refractivity contribution in [3.05, 3.63) is 48.2 Å². The summed E-state index contributed by atoms with van der Waals surface area (Å²) in [6, 6.07) is 12.2. The molecule has 0 saturated heterocycles. The van der Waals surface area contributed by atoms with Crippen molar-refractivity contribution < 1.29 is 9.53 Å². The highest BCUT2D eigenvalue weighted by Gasteiger charge is 2.21. The third-order valence-electron chi connectivity index (χ3n) is 4.42. The number of rotatable bonds is 1. The summed E-state index contributed by atoms with van der Waals surface area (Å²) < 4.78 is 6.66. The molecular weight excluding hydrogens is 338 g/mol. The first kappa shape index (κ1) is 19.0. The molecule has 0 aliphatic heterocycles. The lowest BCUT2D eigenvalue weighted by Gasteiger charge is -2.19. The predicted octanol–water partition coefficient (Wildman–Crippen LogP) is 5.37. The summed E-state index contributed by atoms with van der Waals surface area (Å²) in [6.45, 7) is 12.0. The summed E-state index contributed by atoms with van der Waals surface area (Å²) in [7, 11) is 0. The van der Waals surface area contributed by atoms with Gasteiger partial charge in [-0.05, 0) is 43.4 Å². The molecule has 0 radical (unpaired) electrons. The van der Waals surface area contributed by atoms with E-state index in [0.717, 1.165) is 16.5 Å². The molecule has 0 bridgehead atoms. The molecule has 3 aromatic rings. The maximum atomic E-state index is 12.4. The van der Waals surface area contributed by atoms with E-state index in [9.17, 15) is 4.79 Å². The Labute approximate surface area is 160 Å². The number of aromatic nitrogens is 2. The molecule has 142 valence electrons. The van der Waals surface area contributed by atoms with E-state index in [2.05, 4.69) is 50.1 Å². The van der Waals surface area contributed by atoms with Crippen LogP contribution in [0.3, 0.4) is 0 Å². The monoisotopic (exact) mass is 365 g/mol. The van der Waals surface area contributed by atoms with Crippen LogP contribution in [-0.2, 0) is 10.2 Å². The molecule has 0 saturated carbocycles. The molecule has 0 fully saturated rings. The molecule has 1 heterocycles. The lowest BCUT2D eigenvalue weighted by Crippen LogP contribution is -2.27. The highest BCUT2D eigenvalue weighted by atomic mass is 16.6. The molecule has 5 nitrogen and oxygen atoms in total. The number of ether oxygens (including phenoxy) is 1. The van der Waals surface area contributed by atoms with Crippen molar-refractivity contribution in [2.24, 2.45) is 0 Å². The minimum absolute atomic E-state index is 0.0998. The summed E-state index contributed by atoms with van der Waals surface area (Å²) in [5, 5.41) is 4.92. The van der Waals surface area contributed by atoms with Crippen molar-refractivity contribution in [1.82, 2.24) is 9.78 Å². The maximum Gasteiger partial charge on any atom is 0.435 e. The van der Waals surface area contributed by atoms with Crippen molar-refractivity contribution >= 4 is 22.7 Å². The highest BCUT2D eigenvalue weighted by molar-refractivity contribution is 6.01. The van der Waals surface area contributed by atoms with Crippen LogP contribution in [0, 0.1) is 0 Å². The largest absolute Gasteiger partial charge is 0.442 e. The molecule has 0 unspecified atom stereocenters. The van der Waals surface area contributed by atoms with Crippen LogP contribution < -0.4 is 5.73 Å². The summed E-state index contributed by atoms with van der Waals surface area (Å²) in [5.74, 6) is 0. The number of carbonyl (C=O) groups excluding carboxylic acids is 1. The topological polar surface area (TPSA) is 70.1 Å². The lowest BCUT2D eigenvalue weighted by molar-refractivity contribution is 0.0523. The number of nitrogen functional groups attached to an aromatic ring is 1. The summed E-state index contributed by atoms with van der Waals surface area (Å²) in [4.78, 5) is 12.4. The van der Waals surface area contributed by atoms with Gasteiger partial charge in [0.1, 0.15) is 5.60 Å². The van der Waals surface area contributed by atoms with E-state index >= 15 is 0 Å². The Morgan fingerprint density at radius 3 is 2.19 bits per heavy atom. The van der Waals surface area contributed by atoms with Crippen molar-refractivity contribution in [1.29, 1.82) is 0 Å². The summed E-state index contributed by atoms with van der Waals surface area (Å²) in [5.41, 5.74) is 10.4. The Bertz CT molecular complexity index is 987. The molecule has 1 aromatic heterocycles. The second-order valence-corrected chi connectivity index (χ2v) is 8.82. The third-order valence-corrected chi connectivity index (χ3v) is 4.42. The van der Waals surface area contributed by atoms with Gasteiger partial charge in [-0.1, -0.05) is 51.1 Å². The molecular formula is C22H27N3O2. The van der Waals surface area contributed by atoms with E-state index in [-0.39, 0.29) is 5.41 Å². The van der Waals surface area contributed by atoms with Gasteiger partial charge in [0.15, 0.2) is 0 Å². The zero-order valence-corrected chi connectivity index (χ0v) is 16.8. The molecule has 2 N–H and O–H groups in total. The number of benzene rings is 2. The Balaban J connectivity index is 2.01. The van der Waals surface area contributed by atoms with Crippen LogP contribution >= 0.6 is 0 Å². The molecule has 5 heteroatoms. The fraction of sp³-hybridized carbons (Fsp3) is 0.364. The standard InChI is InChI=1S/C22H27N3O2/c1-21(2,3)15-9-7-14(8-10-15)16-11-12-18-17(19(16)23)13-24-25(18)20(26)27-22(4,5)6/h7-13H,23H2,1-6H3. The lowest BCUT2D eigenvalue weighted by atomic mass is 9.86. The third kappa shape index (κ3) is 3.82. The zero-order chi connectivity index (χ0) is 20.0. The van der Waals surface area contributed by atoms with Crippen LogP contribution in [0.1, 0.15) is 47.1 Å². The van der Waals surface area contributed by atoms with Crippen molar-refractivity contribution in [2.75, 3.05) is 5.73 Å². The predicted molar refractivity (Wildman–Crippen MR) is 110 cm³/mol. The first-order valence-electron chi connectivity index (χ1n) is 9.08. The van der Waals surface area contributed by atoms with Crippen LogP contribution in [0.25, 0.3) is 22.0 Å². The minimum Gasteiger partial charge on any atom is -0.442 e. The van der Waals surface area contributed by atoms with Crippen LogP contribution in [0.5, 0.6) is 0 Å². The van der Waals surface area contributed by atoms with E-state index in [1.807, 2.05) is 32.9 Å². The second-order valence-electron chi connectivity index (χ2n) is 8.82. The molecule has 0 atom stereocenters. The quantitative estimate of drug-likeness (QED) is 0.589. The highest BCUT2D eigenvalue weighted by Crippen LogP contribution is 2.34. The molecule has 0 amide bonds. The number of nitrogens with two attached hydrogens (primary N) is 1. The van der Waals surface area contributed by atoms with E-state index in [1.54, 1.807) is 6.20 Å². The van der Waals surface area contributed by atoms with E-state index < -0.39 is 11.7 Å². The van der Waals surface area contributed by atoms with Gasteiger partial charge in [0.05, 0.1) is 17.4 Å². The van der Waals surface area contributed by atoms with Gasteiger partial charge in [0.2, 0.25) is 0 Å². The maximum absolute atomic E-state index is 12.4. The van der Waals surface area contributed by atoms with Gasteiger partial charge >= 0.3 is 6.09 Å². The fourth-order valence-electron chi connectivity index (χ4n) is 2.98. The fourth-order valence-corrected chi connectivity index (χ4v) is 2.98. The van der Waals surface area contributed by atoms with Gasteiger partial charge in [0, 0.05) is 10.9 Å². The number of nitrogens with zero attached hydrogens (tertiary/aromatic N) is 2. The average molecular weight is 365 g/mol. The molecule has 0 spiro atoms. The molecule has 2 aromatic carbocycles. The van der Waals surface area contributed by atoms with E-state index in [4.69, 9.17) is 10.5 Å². The zero-order valence-electron chi connectivity index (χ0n) is 16.8. The van der Waals surface area contributed by atoms with Gasteiger partial charge in [0.25, 0.3) is 0 Å². The smallest absolute Gasteiger partial charge is 0.435 e. The number of hydrogen-bond donors (Lipinski definition) is 1. The first-order chi connectivity index (χ1) is 12.5. The SMILES string of the molecule is CC(C)(C)OC(=O)n1ncc2c(N)c(-c3ccc(C(C)(C)C)cc3)ccc21. The van der Waals surface area contributed by atoms with Gasteiger partial charge in [-0.3, -0.25) is 0 Å². The van der Waals surface area contributed by atoms with Crippen LogP contribution in [0.15, 0.2) is 42.6 Å². The Morgan fingerprint density at radius 2 is 1.63 bits per heavy atom. The van der Waals surface area contributed by atoms with Gasteiger partial charge in [-0.15, -0.1) is 0 Å². The van der Waals surface area contributed by atoms with Gasteiger partial charge < -0.3 is 10.5 Å². The van der Waals surface area contributed by atoms with Crippen molar-refractivity contribution in [2.45, 2.75) is 52.6 Å². The first-order valence-corrected chi connectivity index (χ1v) is 9.08. The minimum atomic E-state index is -0.588. The summed E-state index contributed by atoms with van der Waals surface area (Å²) >= 11 is 0. The summed E-state index contributed by atoms with van der Waals surface area (Å²) in [6.07, 6.45) is 1.10. The molecule has 0 aliphatic rings. The van der Waals surface area contributed by atoms with Crippen LogP contribution in [-0.4, -0.2) is 21.5 Å². The molecule has 27 heavy (non-hydrogen) atoms. The van der Waals surface area contributed by atoms with Crippen molar-refractivity contribution in [3.63, 3.8) is 0 Å². The number of anilines is 1. The Hall–Kier alpha value is -2.82. The number of fused-ring (bicyclic) bond motifs is 1. The normalized spacial score (nSPS) is 12.4. The Kier molecular flexibility index (Phi) is 4.50. The number of carbonyl (C=O) groups is 1. The van der Waals surface area contributed by atoms with E-state index in [0.29, 0.717) is 11.2 Å². The van der Waals surface area contributed by atoms with Crippen molar-refractivity contribution in [3.8, 4) is 11.1 Å². The second kappa shape index (κ2) is 6.41.